The van der Waals surface area contributed by atoms with Crippen molar-refractivity contribution in [2.75, 3.05) is 13.7 Å². The van der Waals surface area contributed by atoms with Crippen molar-refractivity contribution in [3.63, 3.8) is 0 Å². The zero-order valence-electron chi connectivity index (χ0n) is 15.0. The van der Waals surface area contributed by atoms with Crippen LogP contribution in [-0.2, 0) is 9.59 Å². The molecule has 0 heterocycles. The molecule has 0 aliphatic rings. The molecule has 0 aliphatic heterocycles. The second-order valence-electron chi connectivity index (χ2n) is 5.90. The van der Waals surface area contributed by atoms with E-state index in [4.69, 9.17) is 26.2 Å². The number of ether oxygens (including phenoxy) is 2. The molecule has 1 atom stereocenters. The Labute approximate surface area is 163 Å². The van der Waals surface area contributed by atoms with E-state index in [1.165, 1.54) is 0 Å². The zero-order valence-corrected chi connectivity index (χ0v) is 15.7. The molecule has 0 saturated heterocycles. The van der Waals surface area contributed by atoms with Crippen LogP contribution in [0, 0.1) is 0 Å². The van der Waals surface area contributed by atoms with Crippen molar-refractivity contribution in [3.8, 4) is 11.5 Å². The van der Waals surface area contributed by atoms with Crippen LogP contribution in [0.1, 0.15) is 30.9 Å². The summed E-state index contributed by atoms with van der Waals surface area (Å²) in [6.07, 6.45) is 0.549. The summed E-state index contributed by atoms with van der Waals surface area (Å²) in [5.41, 5.74) is 0.699. The van der Waals surface area contributed by atoms with Gasteiger partial charge in [0, 0.05) is 11.4 Å². The van der Waals surface area contributed by atoms with Crippen molar-refractivity contribution in [2.45, 2.75) is 25.3 Å². The Morgan fingerprint density at radius 3 is 2.30 bits per heavy atom. The summed E-state index contributed by atoms with van der Waals surface area (Å²) >= 11 is 5.86. The molecule has 0 aromatic heterocycles. The number of aliphatic carboxylic acids is 1. The van der Waals surface area contributed by atoms with Crippen LogP contribution in [0.2, 0.25) is 5.02 Å². The molecule has 0 bridgehead atoms. The molecule has 27 heavy (non-hydrogen) atoms. The van der Waals surface area contributed by atoms with Crippen LogP contribution in [0.3, 0.4) is 0 Å². The van der Waals surface area contributed by atoms with Crippen LogP contribution in [0.4, 0.5) is 0 Å². The lowest BCUT2D eigenvalue weighted by Crippen LogP contribution is -2.30. The lowest BCUT2D eigenvalue weighted by Gasteiger charge is -2.17. The minimum Gasteiger partial charge on any atom is -0.497 e. The van der Waals surface area contributed by atoms with Gasteiger partial charge in [0.15, 0.2) is 0 Å². The first-order valence-corrected chi connectivity index (χ1v) is 8.89. The van der Waals surface area contributed by atoms with Gasteiger partial charge in [-0.2, -0.15) is 0 Å². The lowest BCUT2D eigenvalue weighted by atomic mass is 10.0. The Morgan fingerprint density at radius 2 is 1.70 bits per heavy atom. The molecular weight excluding hydrogens is 370 g/mol. The number of hydrogen-bond donors (Lipinski definition) is 2. The zero-order chi connectivity index (χ0) is 19.6. The molecule has 2 N–H and O–H groups in total. The topological polar surface area (TPSA) is 84.9 Å². The van der Waals surface area contributed by atoms with Crippen molar-refractivity contribution in [1.29, 1.82) is 0 Å². The third-order valence-corrected chi connectivity index (χ3v) is 4.11. The van der Waals surface area contributed by atoms with Crippen molar-refractivity contribution in [2.24, 2.45) is 0 Å². The fourth-order valence-electron chi connectivity index (χ4n) is 2.48. The van der Waals surface area contributed by atoms with Gasteiger partial charge >= 0.3 is 5.97 Å². The van der Waals surface area contributed by atoms with Crippen LogP contribution < -0.4 is 14.8 Å². The Balaban J connectivity index is 1.80. The second-order valence-corrected chi connectivity index (χ2v) is 6.33. The predicted molar refractivity (Wildman–Crippen MR) is 102 cm³/mol. The SMILES string of the molecule is COc1ccc(OCCCC(=O)N[C@@H](CC(=O)O)c2ccc(Cl)cc2)cc1. The number of carbonyl (C=O) groups excluding carboxylic acids is 1. The first kappa shape index (κ1) is 20.6. The van der Waals surface area contributed by atoms with Crippen molar-refractivity contribution >= 4 is 23.5 Å². The summed E-state index contributed by atoms with van der Waals surface area (Å²) in [4.78, 5) is 23.3. The van der Waals surface area contributed by atoms with Gasteiger partial charge in [-0.25, -0.2) is 0 Å². The molecule has 0 spiro atoms. The molecule has 2 aromatic rings. The van der Waals surface area contributed by atoms with E-state index in [1.54, 1.807) is 55.6 Å². The molecule has 0 radical (unpaired) electrons. The molecule has 2 rings (SSSR count). The standard InChI is InChI=1S/C20H22ClNO5/c1-26-16-8-10-17(11-9-16)27-12-2-3-19(23)22-18(13-20(24)25)14-4-6-15(21)7-5-14/h4-11,18H,2-3,12-13H2,1H3,(H,22,23)(H,24,25)/t18-/m0/s1. The highest BCUT2D eigenvalue weighted by Crippen LogP contribution is 2.20. The van der Waals surface area contributed by atoms with E-state index in [0.717, 1.165) is 5.75 Å². The highest BCUT2D eigenvalue weighted by molar-refractivity contribution is 6.30. The normalized spacial score (nSPS) is 11.5. The summed E-state index contributed by atoms with van der Waals surface area (Å²) in [5, 5.41) is 12.4. The van der Waals surface area contributed by atoms with E-state index in [9.17, 15) is 9.59 Å². The highest BCUT2D eigenvalue weighted by atomic mass is 35.5. The number of nitrogens with one attached hydrogen (secondary N) is 1. The quantitative estimate of drug-likeness (QED) is 0.601. The van der Waals surface area contributed by atoms with Gasteiger partial charge in [0.1, 0.15) is 11.5 Å². The maximum absolute atomic E-state index is 12.2. The number of carbonyl (C=O) groups is 2. The predicted octanol–water partition coefficient (Wildman–Crippen LogP) is 3.84. The molecular formula is C20H22ClNO5. The first-order valence-electron chi connectivity index (χ1n) is 8.51. The summed E-state index contributed by atoms with van der Waals surface area (Å²) in [6.45, 7) is 0.379. The van der Waals surface area contributed by atoms with Gasteiger partial charge in [-0.3, -0.25) is 9.59 Å². The number of amides is 1. The molecule has 0 fully saturated rings. The van der Waals surface area contributed by atoms with Gasteiger partial charge in [0.2, 0.25) is 5.91 Å². The van der Waals surface area contributed by atoms with Crippen molar-refractivity contribution in [3.05, 3.63) is 59.1 Å². The average molecular weight is 392 g/mol. The van der Waals surface area contributed by atoms with E-state index in [0.29, 0.717) is 29.4 Å². The minimum absolute atomic E-state index is 0.199. The van der Waals surface area contributed by atoms with Gasteiger partial charge in [0.25, 0.3) is 0 Å². The Hall–Kier alpha value is -2.73. The number of carboxylic acid groups (broad SMARTS) is 1. The molecule has 2 aromatic carbocycles. The number of benzene rings is 2. The Morgan fingerprint density at radius 1 is 1.07 bits per heavy atom. The molecule has 1 amide bonds. The number of hydrogen-bond acceptors (Lipinski definition) is 4. The summed E-state index contributed by atoms with van der Waals surface area (Å²) in [5.74, 6) is 0.224. The fraction of sp³-hybridized carbons (Fsp3) is 0.300. The fourth-order valence-corrected chi connectivity index (χ4v) is 2.61. The monoisotopic (exact) mass is 391 g/mol. The van der Waals surface area contributed by atoms with E-state index in [-0.39, 0.29) is 18.7 Å². The van der Waals surface area contributed by atoms with E-state index in [1.807, 2.05) is 0 Å². The maximum atomic E-state index is 12.2. The summed E-state index contributed by atoms with van der Waals surface area (Å²) in [7, 11) is 1.59. The average Bonchev–Trinajstić information content (AvgIpc) is 2.65. The summed E-state index contributed by atoms with van der Waals surface area (Å²) in [6, 6.07) is 13.3. The van der Waals surface area contributed by atoms with Crippen LogP contribution in [0.5, 0.6) is 11.5 Å². The van der Waals surface area contributed by atoms with Crippen molar-refractivity contribution < 1.29 is 24.2 Å². The van der Waals surface area contributed by atoms with Crippen LogP contribution in [0.15, 0.2) is 48.5 Å². The number of carboxylic acids is 1. The number of halogens is 1. The van der Waals surface area contributed by atoms with Gasteiger partial charge in [-0.1, -0.05) is 23.7 Å². The molecule has 6 nitrogen and oxygen atoms in total. The summed E-state index contributed by atoms with van der Waals surface area (Å²) < 4.78 is 10.7. The third kappa shape index (κ3) is 7.19. The van der Waals surface area contributed by atoms with Crippen LogP contribution in [-0.4, -0.2) is 30.7 Å². The van der Waals surface area contributed by atoms with Gasteiger partial charge < -0.3 is 19.9 Å². The smallest absolute Gasteiger partial charge is 0.305 e. The second kappa shape index (κ2) is 10.4. The van der Waals surface area contributed by atoms with E-state index < -0.39 is 12.0 Å². The van der Waals surface area contributed by atoms with Crippen molar-refractivity contribution in [1.82, 2.24) is 5.32 Å². The van der Waals surface area contributed by atoms with Gasteiger partial charge in [0.05, 0.1) is 26.2 Å². The number of rotatable bonds is 10. The Kier molecular flexibility index (Phi) is 7.95. The minimum atomic E-state index is -0.988. The van der Waals surface area contributed by atoms with E-state index in [2.05, 4.69) is 5.32 Å². The first-order chi connectivity index (χ1) is 13.0. The maximum Gasteiger partial charge on any atom is 0.305 e. The third-order valence-electron chi connectivity index (χ3n) is 3.86. The van der Waals surface area contributed by atoms with Gasteiger partial charge in [-0.15, -0.1) is 0 Å². The highest BCUT2D eigenvalue weighted by Gasteiger charge is 2.18. The van der Waals surface area contributed by atoms with E-state index >= 15 is 0 Å². The molecule has 144 valence electrons. The Bertz CT molecular complexity index is 746. The largest absolute Gasteiger partial charge is 0.497 e. The van der Waals surface area contributed by atoms with Crippen LogP contribution in [0.25, 0.3) is 0 Å². The molecule has 0 saturated carbocycles. The molecule has 0 unspecified atom stereocenters. The molecule has 0 aliphatic carbocycles. The lowest BCUT2D eigenvalue weighted by molar-refractivity contribution is -0.137. The van der Waals surface area contributed by atoms with Gasteiger partial charge in [-0.05, 0) is 48.4 Å². The van der Waals surface area contributed by atoms with Crippen LogP contribution >= 0.6 is 11.6 Å². The number of methoxy groups -OCH3 is 1. The molecule has 7 heteroatoms.